The molecule has 1 heterocycles. The van der Waals surface area contributed by atoms with Gasteiger partial charge in [-0.2, -0.15) is 0 Å². The molecule has 0 radical (unpaired) electrons. The van der Waals surface area contributed by atoms with Gasteiger partial charge in [-0.15, -0.1) is 11.3 Å². The molecule has 0 aliphatic rings. The lowest BCUT2D eigenvalue weighted by molar-refractivity contribution is 0.0295. The number of benzene rings is 2. The summed E-state index contributed by atoms with van der Waals surface area (Å²) in [6.45, 7) is 6.97. The van der Waals surface area contributed by atoms with Gasteiger partial charge in [0, 0.05) is 30.0 Å². The van der Waals surface area contributed by atoms with E-state index in [1.165, 1.54) is 0 Å². The molecule has 5 nitrogen and oxygen atoms in total. The summed E-state index contributed by atoms with van der Waals surface area (Å²) in [5.41, 5.74) is 2.68. The maximum atomic E-state index is 12.3. The molecule has 1 amide bonds. The number of hydrogen-bond acceptors (Lipinski definition) is 4. The van der Waals surface area contributed by atoms with Crippen molar-refractivity contribution in [2.45, 2.75) is 39.3 Å². The Bertz CT molecular complexity index is 1070. The van der Waals surface area contributed by atoms with Crippen LogP contribution >= 0.6 is 27.3 Å². The van der Waals surface area contributed by atoms with Crippen molar-refractivity contribution < 1.29 is 9.53 Å². The quantitative estimate of drug-likeness (QED) is 0.388. The van der Waals surface area contributed by atoms with E-state index in [-0.39, 0.29) is 6.09 Å². The summed E-state index contributed by atoms with van der Waals surface area (Å²) in [7, 11) is 1.78. The van der Waals surface area contributed by atoms with E-state index in [4.69, 9.17) is 9.73 Å². The highest BCUT2D eigenvalue weighted by atomic mass is 79.9. The Morgan fingerprint density at radius 2 is 1.81 bits per heavy atom. The average Bonchev–Trinajstić information content (AvgIpc) is 3.10. The lowest BCUT2D eigenvalue weighted by atomic mass is 10.2. The normalized spacial score (nSPS) is 12.1. The number of rotatable bonds is 6. The van der Waals surface area contributed by atoms with Gasteiger partial charge in [0.2, 0.25) is 0 Å². The van der Waals surface area contributed by atoms with Crippen LogP contribution in [-0.4, -0.2) is 34.8 Å². The molecular weight excluding hydrogens is 474 g/mol. The van der Waals surface area contributed by atoms with Crippen molar-refractivity contribution in [2.24, 2.45) is 4.99 Å². The topological polar surface area (TPSA) is 46.8 Å². The zero-order chi connectivity index (χ0) is 22.4. The molecule has 164 valence electrons. The molecule has 31 heavy (non-hydrogen) atoms. The molecule has 0 saturated heterocycles. The molecule has 0 N–H and O–H groups in total. The number of amides is 1. The second kappa shape index (κ2) is 10.3. The molecule has 3 rings (SSSR count). The summed E-state index contributed by atoms with van der Waals surface area (Å²) in [4.78, 5) is 19.7. The van der Waals surface area contributed by atoms with Crippen LogP contribution in [0.2, 0.25) is 0 Å². The van der Waals surface area contributed by atoms with Gasteiger partial charge in [-0.1, -0.05) is 46.3 Å². The van der Waals surface area contributed by atoms with Crippen molar-refractivity contribution in [1.82, 2.24) is 9.47 Å². The third-order valence-corrected chi connectivity index (χ3v) is 5.89. The van der Waals surface area contributed by atoms with Crippen LogP contribution in [0.3, 0.4) is 0 Å². The van der Waals surface area contributed by atoms with E-state index in [1.807, 2.05) is 63.2 Å². The number of nitrogens with zero attached hydrogens (tertiary/aromatic N) is 3. The molecule has 0 aliphatic carbocycles. The summed E-state index contributed by atoms with van der Waals surface area (Å²) in [6, 6.07) is 18.2. The van der Waals surface area contributed by atoms with E-state index in [2.05, 4.69) is 38.0 Å². The van der Waals surface area contributed by atoms with E-state index in [0.717, 1.165) is 39.2 Å². The minimum absolute atomic E-state index is 0.301. The van der Waals surface area contributed by atoms with E-state index in [0.29, 0.717) is 6.54 Å². The fraction of sp³-hybridized carbons (Fsp3) is 0.333. The average molecular weight is 502 g/mol. The molecule has 7 heteroatoms. The third-order valence-electron chi connectivity index (χ3n) is 4.50. The number of para-hydroxylation sites is 1. The second-order valence-corrected chi connectivity index (χ2v) is 10.0. The fourth-order valence-electron chi connectivity index (χ4n) is 3.00. The molecule has 0 spiro atoms. The maximum absolute atomic E-state index is 12.3. The van der Waals surface area contributed by atoms with Gasteiger partial charge in [-0.3, -0.25) is 0 Å². The zero-order valence-electron chi connectivity index (χ0n) is 18.3. The monoisotopic (exact) mass is 501 g/mol. The van der Waals surface area contributed by atoms with Crippen molar-refractivity contribution >= 4 is 39.0 Å². The first kappa shape index (κ1) is 23.3. The van der Waals surface area contributed by atoms with E-state index < -0.39 is 5.60 Å². The Hall–Kier alpha value is -2.38. The van der Waals surface area contributed by atoms with Crippen molar-refractivity contribution in [3.8, 4) is 11.3 Å². The highest BCUT2D eigenvalue weighted by molar-refractivity contribution is 9.10. The lowest BCUT2D eigenvalue weighted by Crippen LogP contribution is -2.35. The molecular formula is C24H28BrN3O2S. The van der Waals surface area contributed by atoms with Crippen LogP contribution in [0.1, 0.15) is 27.2 Å². The third kappa shape index (κ3) is 6.80. The van der Waals surface area contributed by atoms with E-state index >= 15 is 0 Å². The van der Waals surface area contributed by atoms with Crippen molar-refractivity contribution in [3.63, 3.8) is 0 Å². The minimum Gasteiger partial charge on any atom is -0.444 e. The fourth-order valence-corrected chi connectivity index (χ4v) is 4.22. The van der Waals surface area contributed by atoms with Crippen LogP contribution < -0.4 is 4.80 Å². The summed E-state index contributed by atoms with van der Waals surface area (Å²) in [5, 5.41) is 2.14. The highest BCUT2D eigenvalue weighted by Gasteiger charge is 2.19. The number of thiazole rings is 1. The lowest BCUT2D eigenvalue weighted by Gasteiger charge is -2.24. The van der Waals surface area contributed by atoms with Gasteiger partial charge < -0.3 is 14.2 Å². The molecule has 0 bridgehead atoms. The van der Waals surface area contributed by atoms with Crippen LogP contribution in [0.15, 0.2) is 69.4 Å². The predicted molar refractivity (Wildman–Crippen MR) is 131 cm³/mol. The number of hydrogen-bond donors (Lipinski definition) is 0. The van der Waals surface area contributed by atoms with Crippen LogP contribution in [0.5, 0.6) is 0 Å². The zero-order valence-corrected chi connectivity index (χ0v) is 20.7. The van der Waals surface area contributed by atoms with Crippen LogP contribution in [0, 0.1) is 0 Å². The molecule has 0 aliphatic heterocycles. The van der Waals surface area contributed by atoms with Gasteiger partial charge in [0.15, 0.2) is 4.80 Å². The number of halogens is 1. The van der Waals surface area contributed by atoms with Gasteiger partial charge in [-0.05, 0) is 57.0 Å². The first-order valence-corrected chi connectivity index (χ1v) is 11.9. The predicted octanol–water partition coefficient (Wildman–Crippen LogP) is 6.47. The Morgan fingerprint density at radius 3 is 2.45 bits per heavy atom. The summed E-state index contributed by atoms with van der Waals surface area (Å²) in [6.07, 6.45) is 0.489. The summed E-state index contributed by atoms with van der Waals surface area (Å²) < 4.78 is 8.73. The Labute approximate surface area is 196 Å². The molecule has 3 aromatic rings. The Balaban J connectivity index is 1.83. The number of carbonyl (C=O) groups excluding carboxylic acids is 1. The smallest absolute Gasteiger partial charge is 0.410 e. The molecule has 0 saturated carbocycles. The van der Waals surface area contributed by atoms with Crippen LogP contribution in [-0.2, 0) is 11.3 Å². The van der Waals surface area contributed by atoms with E-state index in [9.17, 15) is 4.79 Å². The number of ether oxygens (including phenoxy) is 1. The maximum Gasteiger partial charge on any atom is 0.410 e. The van der Waals surface area contributed by atoms with Gasteiger partial charge >= 0.3 is 6.09 Å². The van der Waals surface area contributed by atoms with Gasteiger partial charge in [-0.25, -0.2) is 9.79 Å². The second-order valence-electron chi connectivity index (χ2n) is 8.26. The number of carbonyl (C=O) groups is 1. The van der Waals surface area contributed by atoms with Gasteiger partial charge in [0.25, 0.3) is 0 Å². The van der Waals surface area contributed by atoms with Gasteiger partial charge in [0.1, 0.15) is 5.60 Å². The van der Waals surface area contributed by atoms with Crippen LogP contribution in [0.25, 0.3) is 11.3 Å². The standard InChI is InChI=1S/C24H28BrN3O2S/c1-24(2,3)30-23(29)27(4)15-8-16-28-21(18-11-13-19(25)14-12-18)17-31-22(28)26-20-9-6-5-7-10-20/h5-7,9-14,17H,8,15-16H2,1-4H3. The minimum atomic E-state index is -0.496. The first-order chi connectivity index (χ1) is 14.7. The summed E-state index contributed by atoms with van der Waals surface area (Å²) >= 11 is 5.13. The first-order valence-electron chi connectivity index (χ1n) is 10.2. The van der Waals surface area contributed by atoms with Crippen LogP contribution in [0.4, 0.5) is 10.5 Å². The Morgan fingerprint density at radius 1 is 1.13 bits per heavy atom. The molecule has 0 atom stereocenters. The molecule has 0 fully saturated rings. The highest BCUT2D eigenvalue weighted by Crippen LogP contribution is 2.23. The molecule has 2 aromatic carbocycles. The van der Waals surface area contributed by atoms with E-state index in [1.54, 1.807) is 23.3 Å². The largest absolute Gasteiger partial charge is 0.444 e. The summed E-state index contributed by atoms with van der Waals surface area (Å²) in [5.74, 6) is 0. The van der Waals surface area contributed by atoms with Crippen molar-refractivity contribution in [1.29, 1.82) is 0 Å². The SMILES string of the molecule is CN(CCCn1c(-c2ccc(Br)cc2)csc1=Nc1ccccc1)C(=O)OC(C)(C)C. The molecule has 1 aromatic heterocycles. The number of aromatic nitrogens is 1. The van der Waals surface area contributed by atoms with Crippen molar-refractivity contribution in [2.75, 3.05) is 13.6 Å². The Kier molecular flexibility index (Phi) is 7.73. The molecule has 0 unspecified atom stereocenters. The van der Waals surface area contributed by atoms with Crippen molar-refractivity contribution in [3.05, 3.63) is 69.3 Å². The van der Waals surface area contributed by atoms with Gasteiger partial charge in [0.05, 0.1) is 11.4 Å².